The van der Waals surface area contributed by atoms with Gasteiger partial charge >= 0.3 is 39.5 Å². The normalized spacial score (nSPS) is 20.6. The lowest BCUT2D eigenvalue weighted by molar-refractivity contribution is -0.297. The van der Waals surface area contributed by atoms with Crippen molar-refractivity contribution in [2.75, 3.05) is 13.2 Å². The van der Waals surface area contributed by atoms with Gasteiger partial charge in [0.05, 0.1) is 63.6 Å². The molecule has 0 radical (unpaired) electrons. The lowest BCUT2D eigenvalue weighted by atomic mass is 9.95. The third kappa shape index (κ3) is 61.4. The number of hydrogen-bond donors (Lipinski definition) is 11. The van der Waals surface area contributed by atoms with Crippen molar-refractivity contribution in [3.8, 4) is 0 Å². The number of rotatable bonds is 84. The second kappa shape index (κ2) is 75.3. The summed E-state index contributed by atoms with van der Waals surface area (Å²) in [6.45, 7) is 10.8. The first-order valence-corrected chi connectivity index (χ1v) is 52.9. The molecule has 0 aromatic rings. The third-order valence-electron chi connectivity index (χ3n) is 23.9. The summed E-state index contributed by atoms with van der Waals surface area (Å²) in [5.41, 5.74) is 0. The molecule has 2 rings (SSSR count). The summed E-state index contributed by atoms with van der Waals surface area (Å²) < 4.78 is 80.0. The fraction of sp³-hybridized carbons (Fsp3) is 0.936. The quantitative estimate of drug-likeness (QED) is 0.0117. The van der Waals surface area contributed by atoms with E-state index in [4.69, 9.17) is 42.2 Å². The van der Waals surface area contributed by atoms with Crippen molar-refractivity contribution in [1.29, 1.82) is 0 Å². The first kappa shape index (κ1) is 117. The van der Waals surface area contributed by atoms with Gasteiger partial charge in [-0.1, -0.05) is 369 Å². The van der Waals surface area contributed by atoms with Crippen LogP contribution >= 0.6 is 15.6 Å². The Balaban J connectivity index is 2.86. The van der Waals surface area contributed by atoms with E-state index in [0.717, 1.165) is 257 Å². The smallest absolute Gasteiger partial charge is 0.462 e. The first-order valence-electron chi connectivity index (χ1n) is 49.8. The van der Waals surface area contributed by atoms with Gasteiger partial charge in [-0.15, -0.1) is 0 Å². The molecule has 2 saturated heterocycles. The lowest BCUT2D eigenvalue weighted by Crippen LogP contribution is -2.68. The highest BCUT2D eigenvalue weighted by molar-refractivity contribution is 7.46. The Morgan fingerprint density at radius 3 is 1.01 bits per heavy atom. The molecule has 2 fully saturated rings. The van der Waals surface area contributed by atoms with Crippen LogP contribution in [0.5, 0.6) is 0 Å². The highest BCUT2D eigenvalue weighted by atomic mass is 31.2. The first-order chi connectivity index (χ1) is 59.7. The molecule has 0 aromatic carbocycles. The number of nitrogens with one attached hydrogen (secondary N) is 2. The number of phosphoric acid groups is 2. The number of amides is 2. The SMILES string of the molecule is CCCCCCCCCCCC(=O)OC(CCCCCCCCCCC)CC(=O)N[C@H]1[C@H](OC[C@H]2O[C@H](OP(=O)(O)O)[C@H](NC(=O)CC(O)CCCCCCCCCCC)[C@@H](OC(=O)C[C@H](O)CCCCCCCCCCC)[C@@H]2O)O[C@H](CO)[C@@H](OP(=O)(O)O)[C@@H]1OC(=O)C[C@H](CCCCCCCCCCC)OC(=O)C[C@H](O)CCCCCCCCCCC. The van der Waals surface area contributed by atoms with Crippen molar-refractivity contribution in [2.24, 2.45) is 0 Å². The number of hydrogen-bond acceptors (Lipinski definition) is 22. The van der Waals surface area contributed by atoms with Gasteiger partial charge in [0.2, 0.25) is 11.8 Å². The zero-order valence-corrected chi connectivity index (χ0v) is 79.7. The Bertz CT molecular complexity index is 2750. The fourth-order valence-corrected chi connectivity index (χ4v) is 17.6. The molecule has 730 valence electrons. The molecule has 0 aliphatic carbocycles. The zero-order chi connectivity index (χ0) is 91.3. The van der Waals surface area contributed by atoms with E-state index in [-0.39, 0.29) is 38.5 Å². The van der Waals surface area contributed by atoms with Gasteiger partial charge in [0.1, 0.15) is 48.7 Å². The van der Waals surface area contributed by atoms with Crippen LogP contribution in [0, 0.1) is 0 Å². The molecule has 28 nitrogen and oxygen atoms in total. The van der Waals surface area contributed by atoms with E-state index in [9.17, 15) is 73.4 Å². The van der Waals surface area contributed by atoms with E-state index < -0.39 is 182 Å². The summed E-state index contributed by atoms with van der Waals surface area (Å²) in [5.74, 6) is -5.42. The molecule has 0 spiro atoms. The molecule has 2 amide bonds. The fourth-order valence-electron chi connectivity index (χ4n) is 16.6. The van der Waals surface area contributed by atoms with Crippen LogP contribution in [-0.4, -0.2) is 186 Å². The molecule has 30 heteroatoms. The van der Waals surface area contributed by atoms with Crippen LogP contribution in [0.2, 0.25) is 0 Å². The summed E-state index contributed by atoms with van der Waals surface area (Å²) >= 11 is 0. The van der Waals surface area contributed by atoms with Gasteiger partial charge < -0.3 is 88.9 Å². The maximum Gasteiger partial charge on any atom is 0.472 e. The molecular weight excluding hydrogens is 1630 g/mol. The number of unbranched alkanes of at least 4 members (excludes halogenated alkanes) is 48. The standard InChI is InChI=1S/C94H178N2O26P2/c1-7-13-19-25-31-37-43-49-55-61-74(98)67-81(101)95-87-91(119-85(105)69-76(100)63-57-51-45-39-33-27-21-15-9-3)89(107)80(118-94(87)122-124(111,112)113)73-114-93-88(96-82(102)70-77(64-58-52-46-40-34-28-22-16-10-4)115-83(103)66-60-54-48-42-36-30-24-18-12-6)92(90(79(72-97)117-93)121-123(108,109)110)120-86(106)71-78(65-59-53-47-41-35-29-23-17-11-5)116-84(104)68-75(99)62-56-50-44-38-32-26-20-14-8-2/h74-80,87-94,97-100,107H,7-73H2,1-6H3,(H,95,101)(H,96,102)(H2,108,109,110)(H2,111,112,113)/t74?,75-,76-,77?,78+,79-,80-,87-,88-,89-,90-,91-,92-,93-,94-/m1/s1. The van der Waals surface area contributed by atoms with E-state index >= 15 is 9.59 Å². The van der Waals surface area contributed by atoms with E-state index in [1.54, 1.807) is 0 Å². The Morgan fingerprint density at radius 2 is 0.629 bits per heavy atom. The number of esters is 4. The minimum absolute atomic E-state index is 0.0711. The Morgan fingerprint density at radius 1 is 0.331 bits per heavy atom. The summed E-state index contributed by atoms with van der Waals surface area (Å²) in [6.07, 6.45) is 29.4. The molecule has 11 N–H and O–H groups in total. The maximum atomic E-state index is 15.2. The van der Waals surface area contributed by atoms with Crippen LogP contribution in [0.3, 0.4) is 0 Å². The van der Waals surface area contributed by atoms with Crippen molar-refractivity contribution in [3.05, 3.63) is 0 Å². The largest absolute Gasteiger partial charge is 0.472 e. The zero-order valence-electron chi connectivity index (χ0n) is 77.9. The van der Waals surface area contributed by atoms with Gasteiger partial charge in [0.25, 0.3) is 0 Å². The Labute approximate surface area is 747 Å². The third-order valence-corrected chi connectivity index (χ3v) is 24.9. The molecule has 124 heavy (non-hydrogen) atoms. The topological polar surface area (TPSA) is 426 Å². The Hall–Kier alpha value is -3.28. The van der Waals surface area contributed by atoms with Gasteiger partial charge in [-0.3, -0.25) is 37.8 Å². The summed E-state index contributed by atoms with van der Waals surface area (Å²) in [6, 6.07) is -3.91. The molecule has 2 aliphatic rings. The Kier molecular flexibility index (Phi) is 70.9. The van der Waals surface area contributed by atoms with Crippen LogP contribution < -0.4 is 10.6 Å². The number of ether oxygens (including phenoxy) is 7. The summed E-state index contributed by atoms with van der Waals surface area (Å²) in [7, 11) is -11.4. The average Bonchev–Trinajstić information content (AvgIpc) is 0.781. The van der Waals surface area contributed by atoms with Gasteiger partial charge in [-0.2, -0.15) is 0 Å². The van der Waals surface area contributed by atoms with Crippen molar-refractivity contribution in [1.82, 2.24) is 10.6 Å². The number of carbonyl (C=O) groups excluding carboxylic acids is 6. The van der Waals surface area contributed by atoms with Crippen LogP contribution in [0.1, 0.15) is 459 Å². The molecule has 0 aromatic heterocycles. The highest BCUT2D eigenvalue weighted by Gasteiger charge is 2.55. The summed E-state index contributed by atoms with van der Waals surface area (Å²) in [5, 5.41) is 62.6. The lowest BCUT2D eigenvalue weighted by Gasteiger charge is -2.47. The van der Waals surface area contributed by atoms with Crippen LogP contribution in [0.4, 0.5) is 0 Å². The van der Waals surface area contributed by atoms with Gasteiger partial charge in [0.15, 0.2) is 24.8 Å². The monoisotopic (exact) mass is 1810 g/mol. The van der Waals surface area contributed by atoms with Gasteiger partial charge in [-0.25, -0.2) is 9.13 Å². The number of aliphatic hydroxyl groups excluding tert-OH is 5. The van der Waals surface area contributed by atoms with E-state index in [1.165, 1.54) is 44.9 Å². The van der Waals surface area contributed by atoms with Crippen molar-refractivity contribution in [3.63, 3.8) is 0 Å². The molecule has 2 aliphatic heterocycles. The van der Waals surface area contributed by atoms with Crippen LogP contribution in [0.25, 0.3) is 0 Å². The minimum atomic E-state index is -5.72. The molecule has 0 saturated carbocycles. The van der Waals surface area contributed by atoms with Crippen molar-refractivity contribution >= 4 is 51.3 Å². The maximum absolute atomic E-state index is 15.2. The van der Waals surface area contributed by atoms with Crippen LogP contribution in [0.15, 0.2) is 0 Å². The van der Waals surface area contributed by atoms with Crippen molar-refractivity contribution < 1.29 is 125 Å². The molecule has 2 unspecified atom stereocenters. The van der Waals surface area contributed by atoms with Gasteiger partial charge in [0, 0.05) is 6.42 Å². The predicted octanol–water partition coefficient (Wildman–Crippen LogP) is 19.6. The highest BCUT2D eigenvalue weighted by Crippen LogP contribution is 2.44. The summed E-state index contributed by atoms with van der Waals surface area (Å²) in [4.78, 5) is 129. The predicted molar refractivity (Wildman–Crippen MR) is 482 cm³/mol. The minimum Gasteiger partial charge on any atom is -0.462 e. The van der Waals surface area contributed by atoms with E-state index in [1.807, 2.05) is 0 Å². The second-order valence-corrected chi connectivity index (χ2v) is 38.1. The molecule has 15 atom stereocenters. The molecule has 2 heterocycles. The van der Waals surface area contributed by atoms with Crippen LogP contribution in [-0.2, 0) is 80.1 Å². The van der Waals surface area contributed by atoms with Crippen molar-refractivity contribution in [2.45, 2.75) is 551 Å². The van der Waals surface area contributed by atoms with Gasteiger partial charge in [-0.05, 0) is 51.4 Å². The number of carbonyl (C=O) groups is 6. The number of phosphoric ester groups is 2. The van der Waals surface area contributed by atoms with E-state index in [0.29, 0.717) is 51.4 Å². The molecule has 0 bridgehead atoms. The van der Waals surface area contributed by atoms with E-state index in [2.05, 4.69) is 52.2 Å². The average molecular weight is 1810 g/mol. The second-order valence-electron chi connectivity index (χ2n) is 35.7. The number of aliphatic hydroxyl groups is 5. The molecular formula is C94H178N2O26P2.